The number of nitrogens with zero attached hydrogens (tertiary/aromatic N) is 1. The van der Waals surface area contributed by atoms with E-state index in [-0.39, 0.29) is 12.5 Å². The van der Waals surface area contributed by atoms with Crippen LogP contribution >= 0.6 is 0 Å². The van der Waals surface area contributed by atoms with Gasteiger partial charge >= 0.3 is 6.09 Å². The summed E-state index contributed by atoms with van der Waals surface area (Å²) in [6.45, 7) is 0.841. The molecule has 6 nitrogen and oxygen atoms in total. The van der Waals surface area contributed by atoms with Gasteiger partial charge in [0.1, 0.15) is 12.3 Å². The summed E-state index contributed by atoms with van der Waals surface area (Å²) in [5.41, 5.74) is 0.687. The van der Waals surface area contributed by atoms with Crippen molar-refractivity contribution in [3.05, 3.63) is 24.3 Å². The first-order valence-corrected chi connectivity index (χ1v) is 5.67. The normalized spacial score (nSPS) is 14.1. The molecule has 0 spiro atoms. The number of anilines is 1. The molecule has 0 saturated carbocycles. The van der Waals surface area contributed by atoms with E-state index in [1.807, 2.05) is 12.1 Å². The lowest BCUT2D eigenvalue weighted by molar-refractivity contribution is -0.117. The van der Waals surface area contributed by atoms with Crippen molar-refractivity contribution in [3.8, 4) is 5.75 Å². The van der Waals surface area contributed by atoms with Crippen LogP contribution < -0.4 is 15.0 Å². The van der Waals surface area contributed by atoms with E-state index in [0.717, 1.165) is 0 Å². The Morgan fingerprint density at radius 3 is 2.94 bits per heavy atom. The molecular weight excluding hydrogens is 236 g/mol. The number of nitrogens with one attached hydrogen (secondary N) is 1. The molecule has 2 amide bonds. The summed E-state index contributed by atoms with van der Waals surface area (Å²) in [5, 5.41) is 10.6. The van der Waals surface area contributed by atoms with Crippen molar-refractivity contribution >= 4 is 17.7 Å². The molecule has 96 valence electrons. The number of carbonyl (C=O) groups excluding carboxylic acids is 1. The third kappa shape index (κ3) is 2.71. The van der Waals surface area contributed by atoms with Gasteiger partial charge in [-0.1, -0.05) is 12.1 Å². The molecule has 1 aliphatic rings. The molecule has 0 unspecified atom stereocenters. The van der Waals surface area contributed by atoms with Gasteiger partial charge < -0.3 is 20.1 Å². The maximum Gasteiger partial charge on any atom is 0.405 e. The van der Waals surface area contributed by atoms with E-state index >= 15 is 0 Å². The zero-order valence-corrected chi connectivity index (χ0v) is 9.76. The number of hydrogen-bond acceptors (Lipinski definition) is 3. The van der Waals surface area contributed by atoms with Gasteiger partial charge in [0.15, 0.2) is 0 Å². The third-order valence-electron chi connectivity index (χ3n) is 2.63. The molecule has 18 heavy (non-hydrogen) atoms. The van der Waals surface area contributed by atoms with Gasteiger partial charge in [0.05, 0.1) is 12.3 Å². The summed E-state index contributed by atoms with van der Waals surface area (Å²) in [5.74, 6) is 0.369. The van der Waals surface area contributed by atoms with Crippen molar-refractivity contribution in [2.45, 2.75) is 6.42 Å². The van der Waals surface area contributed by atoms with E-state index in [1.54, 1.807) is 17.0 Å². The van der Waals surface area contributed by atoms with Crippen LogP contribution in [-0.4, -0.2) is 36.8 Å². The second kappa shape index (κ2) is 5.39. The number of para-hydroxylation sites is 2. The number of carbonyl (C=O) groups is 2. The Kier molecular flexibility index (Phi) is 3.66. The lowest BCUT2D eigenvalue weighted by atomic mass is 10.2. The highest BCUT2D eigenvalue weighted by Crippen LogP contribution is 2.30. The lowest BCUT2D eigenvalue weighted by Gasteiger charge is -2.21. The molecule has 0 aliphatic carbocycles. The molecular formula is C12H14N2O4. The van der Waals surface area contributed by atoms with E-state index in [1.165, 1.54) is 0 Å². The average molecular weight is 250 g/mol. The predicted octanol–water partition coefficient (Wildman–Crippen LogP) is 1.07. The van der Waals surface area contributed by atoms with Gasteiger partial charge in [0, 0.05) is 6.54 Å². The fraction of sp³-hybridized carbons (Fsp3) is 0.333. The summed E-state index contributed by atoms with van der Waals surface area (Å²) >= 11 is 0. The van der Waals surface area contributed by atoms with Gasteiger partial charge in [-0.3, -0.25) is 4.79 Å². The minimum Gasteiger partial charge on any atom is -0.491 e. The van der Waals surface area contributed by atoms with Crippen LogP contribution in [0.4, 0.5) is 10.5 Å². The number of hydrogen-bond donors (Lipinski definition) is 2. The van der Waals surface area contributed by atoms with Gasteiger partial charge in [0.25, 0.3) is 0 Å². The largest absolute Gasteiger partial charge is 0.491 e. The van der Waals surface area contributed by atoms with Crippen LogP contribution in [0.2, 0.25) is 0 Å². The highest BCUT2D eigenvalue weighted by molar-refractivity contribution is 5.97. The molecule has 0 bridgehead atoms. The second-order valence-electron chi connectivity index (χ2n) is 3.87. The summed E-state index contributed by atoms with van der Waals surface area (Å²) in [6, 6.07) is 7.24. The van der Waals surface area contributed by atoms with Crippen molar-refractivity contribution in [1.82, 2.24) is 5.32 Å². The number of benzene rings is 1. The van der Waals surface area contributed by atoms with Gasteiger partial charge in [0.2, 0.25) is 5.91 Å². The Bertz CT molecular complexity index is 461. The maximum absolute atomic E-state index is 12.0. The minimum atomic E-state index is -1.21. The van der Waals surface area contributed by atoms with Gasteiger partial charge in [-0.15, -0.1) is 0 Å². The van der Waals surface area contributed by atoms with Crippen LogP contribution in [-0.2, 0) is 4.79 Å². The SMILES string of the molecule is O=C(O)NCC(=O)N1CCCOc2ccccc21. The topological polar surface area (TPSA) is 78.9 Å². The maximum atomic E-state index is 12.0. The van der Waals surface area contributed by atoms with Crippen molar-refractivity contribution < 1.29 is 19.4 Å². The van der Waals surface area contributed by atoms with Crippen LogP contribution in [0.25, 0.3) is 0 Å². The van der Waals surface area contributed by atoms with E-state index in [9.17, 15) is 9.59 Å². The molecule has 1 aliphatic heterocycles. The highest BCUT2D eigenvalue weighted by Gasteiger charge is 2.21. The molecule has 2 N–H and O–H groups in total. The fourth-order valence-corrected chi connectivity index (χ4v) is 1.83. The highest BCUT2D eigenvalue weighted by atomic mass is 16.5. The third-order valence-corrected chi connectivity index (χ3v) is 2.63. The molecule has 1 heterocycles. The van der Waals surface area contributed by atoms with E-state index in [0.29, 0.717) is 31.0 Å². The van der Waals surface area contributed by atoms with Crippen molar-refractivity contribution in [2.24, 2.45) is 0 Å². The van der Waals surface area contributed by atoms with Crippen molar-refractivity contribution in [2.75, 3.05) is 24.6 Å². The monoisotopic (exact) mass is 250 g/mol. The summed E-state index contributed by atoms with van der Waals surface area (Å²) in [7, 11) is 0. The number of ether oxygens (including phenoxy) is 1. The Hall–Kier alpha value is -2.24. The first kappa shape index (κ1) is 12.2. The number of amides is 2. The Labute approximate surface area is 104 Å². The number of carboxylic acid groups (broad SMARTS) is 1. The number of rotatable bonds is 2. The summed E-state index contributed by atoms with van der Waals surface area (Å²) in [4.78, 5) is 23.9. The smallest absolute Gasteiger partial charge is 0.405 e. The summed E-state index contributed by atoms with van der Waals surface area (Å²) in [6.07, 6.45) is -0.490. The van der Waals surface area contributed by atoms with Gasteiger partial charge in [-0.25, -0.2) is 4.79 Å². The first-order valence-electron chi connectivity index (χ1n) is 5.67. The van der Waals surface area contributed by atoms with Crippen LogP contribution in [0.3, 0.4) is 0 Å². The molecule has 2 rings (SSSR count). The molecule has 0 saturated heterocycles. The van der Waals surface area contributed by atoms with E-state index in [2.05, 4.69) is 5.32 Å². The van der Waals surface area contributed by atoms with Crippen molar-refractivity contribution in [3.63, 3.8) is 0 Å². The molecule has 0 atom stereocenters. The summed E-state index contributed by atoms with van der Waals surface area (Å²) < 4.78 is 5.52. The predicted molar refractivity (Wildman–Crippen MR) is 64.9 cm³/mol. The van der Waals surface area contributed by atoms with Crippen LogP contribution in [0.5, 0.6) is 5.75 Å². The molecule has 1 aromatic rings. The van der Waals surface area contributed by atoms with Crippen LogP contribution in [0, 0.1) is 0 Å². The van der Waals surface area contributed by atoms with Gasteiger partial charge in [-0.2, -0.15) is 0 Å². The lowest BCUT2D eigenvalue weighted by Crippen LogP contribution is -2.40. The Morgan fingerprint density at radius 2 is 2.17 bits per heavy atom. The van der Waals surface area contributed by atoms with E-state index in [4.69, 9.17) is 9.84 Å². The minimum absolute atomic E-state index is 0.232. The molecule has 0 fully saturated rings. The zero-order chi connectivity index (χ0) is 13.0. The Balaban J connectivity index is 2.17. The van der Waals surface area contributed by atoms with E-state index < -0.39 is 6.09 Å². The second-order valence-corrected chi connectivity index (χ2v) is 3.87. The standard InChI is InChI=1S/C12H14N2O4/c15-11(8-13-12(16)17)14-6-3-7-18-10-5-2-1-4-9(10)14/h1-2,4-5,13H,3,6-8H2,(H,16,17). The molecule has 6 heteroatoms. The average Bonchev–Trinajstić information content (AvgIpc) is 2.58. The van der Waals surface area contributed by atoms with Gasteiger partial charge in [-0.05, 0) is 18.6 Å². The number of fused-ring (bicyclic) bond motifs is 1. The first-order chi connectivity index (χ1) is 8.68. The molecule has 0 radical (unpaired) electrons. The Morgan fingerprint density at radius 1 is 1.39 bits per heavy atom. The fourth-order valence-electron chi connectivity index (χ4n) is 1.83. The zero-order valence-electron chi connectivity index (χ0n) is 9.76. The molecule has 0 aromatic heterocycles. The quantitative estimate of drug-likeness (QED) is 0.823. The molecule has 1 aromatic carbocycles. The van der Waals surface area contributed by atoms with Crippen molar-refractivity contribution in [1.29, 1.82) is 0 Å². The van der Waals surface area contributed by atoms with Crippen LogP contribution in [0.15, 0.2) is 24.3 Å². The van der Waals surface area contributed by atoms with Crippen LogP contribution in [0.1, 0.15) is 6.42 Å².